The van der Waals surface area contributed by atoms with Crippen molar-refractivity contribution in [1.82, 2.24) is 24.7 Å². The minimum atomic E-state index is -0.577. The number of nitrogens with one attached hydrogen (secondary N) is 1. The van der Waals surface area contributed by atoms with Gasteiger partial charge in [0.05, 0.1) is 18.2 Å². The van der Waals surface area contributed by atoms with Gasteiger partial charge < -0.3 is 20.3 Å². The van der Waals surface area contributed by atoms with Crippen LogP contribution in [0.25, 0.3) is 33.2 Å². The SMILES string of the molecule is NC[C@]1(c2ccccc2F)[C@@H]2CCN(c3cnc4c(-c5ccc6c(=O)n(CCO)ccc6c5F)n[nH]c4n3)C[C@@H]21. The molecule has 1 saturated carbocycles. The van der Waals surface area contributed by atoms with Gasteiger partial charge in [-0.3, -0.25) is 9.89 Å². The third kappa shape index (κ3) is 3.50. The lowest BCUT2D eigenvalue weighted by molar-refractivity contribution is 0.274. The number of hydrogen-bond acceptors (Lipinski definition) is 7. The molecule has 4 heterocycles. The van der Waals surface area contributed by atoms with Crippen molar-refractivity contribution in [2.75, 3.05) is 31.1 Å². The number of fused-ring (bicyclic) bond motifs is 3. The van der Waals surface area contributed by atoms with E-state index in [0.29, 0.717) is 47.2 Å². The number of nitrogens with zero attached hydrogens (tertiary/aromatic N) is 5. The topological polar surface area (TPSA) is 126 Å². The molecule has 0 radical (unpaired) electrons. The molecule has 11 heteroatoms. The van der Waals surface area contributed by atoms with E-state index in [1.54, 1.807) is 18.3 Å². The van der Waals surface area contributed by atoms with E-state index >= 15 is 4.39 Å². The van der Waals surface area contributed by atoms with Gasteiger partial charge in [0.1, 0.15) is 28.7 Å². The first-order valence-corrected chi connectivity index (χ1v) is 13.3. The van der Waals surface area contributed by atoms with E-state index in [2.05, 4.69) is 20.1 Å². The number of pyridine rings is 1. The Hall–Kier alpha value is -4.22. The van der Waals surface area contributed by atoms with Gasteiger partial charge in [0.25, 0.3) is 5.56 Å². The van der Waals surface area contributed by atoms with Crippen LogP contribution in [0.4, 0.5) is 14.6 Å². The molecular formula is C29H27F2N7O2. The van der Waals surface area contributed by atoms with Crippen LogP contribution in [0.2, 0.25) is 0 Å². The Morgan fingerprint density at radius 1 is 1.12 bits per heavy atom. The molecular weight excluding hydrogens is 516 g/mol. The summed E-state index contributed by atoms with van der Waals surface area (Å²) in [4.78, 5) is 24.1. The molecule has 0 spiro atoms. The highest BCUT2D eigenvalue weighted by Crippen LogP contribution is 2.63. The van der Waals surface area contributed by atoms with E-state index in [1.165, 1.54) is 29.0 Å². The second-order valence-corrected chi connectivity index (χ2v) is 10.6. The highest BCUT2D eigenvalue weighted by Gasteiger charge is 2.66. The number of aliphatic hydroxyl groups is 1. The lowest BCUT2D eigenvalue weighted by atomic mass is 9.91. The third-order valence-corrected chi connectivity index (χ3v) is 8.81. The number of aliphatic hydroxyl groups excluding tert-OH is 1. The highest BCUT2D eigenvalue weighted by atomic mass is 19.1. The molecule has 5 aromatic rings. The highest BCUT2D eigenvalue weighted by molar-refractivity contribution is 5.93. The third-order valence-electron chi connectivity index (χ3n) is 8.81. The normalized spacial score (nSPS) is 22.1. The van der Waals surface area contributed by atoms with E-state index in [9.17, 15) is 9.18 Å². The number of piperidine rings is 1. The molecule has 1 aliphatic heterocycles. The predicted octanol–water partition coefficient (Wildman–Crippen LogP) is 2.96. The standard InChI is InChI=1S/C29H27F2N7O2/c30-22-4-2-1-3-20(22)29(15-32)19-8-10-38(14-21(19)29)23-13-33-26-25(35-36-27(26)34-23)18-6-5-17-16(24(18)31)7-9-37(11-12-39)28(17)40/h1-7,9,13,19,21,39H,8,10-12,14-15,32H2,(H,34,35,36)/t19-,21+,29-/m1/s1. The van der Waals surface area contributed by atoms with Crippen molar-refractivity contribution < 1.29 is 13.9 Å². The predicted molar refractivity (Wildman–Crippen MR) is 147 cm³/mol. The summed E-state index contributed by atoms with van der Waals surface area (Å²) in [6.45, 7) is 1.76. The smallest absolute Gasteiger partial charge is 0.258 e. The molecule has 3 aromatic heterocycles. The van der Waals surface area contributed by atoms with E-state index < -0.39 is 5.82 Å². The molecule has 9 nitrogen and oxygen atoms in total. The number of anilines is 1. The molecule has 7 rings (SSSR count). The number of nitrogens with two attached hydrogens (primary N) is 1. The fourth-order valence-corrected chi connectivity index (χ4v) is 6.76. The summed E-state index contributed by atoms with van der Waals surface area (Å²) in [5.41, 5.74) is 7.53. The van der Waals surface area contributed by atoms with E-state index in [4.69, 9.17) is 15.8 Å². The Labute approximate surface area is 227 Å². The molecule has 0 unspecified atom stereocenters. The second-order valence-electron chi connectivity index (χ2n) is 10.6. The van der Waals surface area contributed by atoms with Crippen molar-refractivity contribution in [2.45, 2.75) is 18.4 Å². The summed E-state index contributed by atoms with van der Waals surface area (Å²) in [5.74, 6) is 0.413. The van der Waals surface area contributed by atoms with E-state index in [1.807, 2.05) is 12.1 Å². The fourth-order valence-electron chi connectivity index (χ4n) is 6.76. The minimum Gasteiger partial charge on any atom is -0.395 e. The van der Waals surface area contributed by atoms with Crippen LogP contribution in [0.1, 0.15) is 12.0 Å². The van der Waals surface area contributed by atoms with Crippen LogP contribution >= 0.6 is 0 Å². The zero-order valence-electron chi connectivity index (χ0n) is 21.5. The van der Waals surface area contributed by atoms with Crippen LogP contribution < -0.4 is 16.2 Å². The first-order valence-electron chi connectivity index (χ1n) is 13.3. The molecule has 0 amide bonds. The quantitative estimate of drug-likeness (QED) is 0.301. The number of rotatable bonds is 6. The molecule has 2 aromatic carbocycles. The Morgan fingerprint density at radius 2 is 1.98 bits per heavy atom. The van der Waals surface area contributed by atoms with E-state index in [0.717, 1.165) is 13.0 Å². The first-order chi connectivity index (χ1) is 19.5. The van der Waals surface area contributed by atoms with Gasteiger partial charge >= 0.3 is 0 Å². The van der Waals surface area contributed by atoms with Crippen molar-refractivity contribution in [3.8, 4) is 11.3 Å². The number of aromatic nitrogens is 5. The molecule has 204 valence electrons. The molecule has 3 atom stereocenters. The molecule has 4 N–H and O–H groups in total. The van der Waals surface area contributed by atoms with Gasteiger partial charge in [0.2, 0.25) is 0 Å². The van der Waals surface area contributed by atoms with Crippen molar-refractivity contribution in [3.63, 3.8) is 0 Å². The number of H-pyrrole nitrogens is 1. The van der Waals surface area contributed by atoms with Crippen LogP contribution in [0, 0.1) is 23.5 Å². The molecule has 0 bridgehead atoms. The summed E-state index contributed by atoms with van der Waals surface area (Å²) >= 11 is 0. The van der Waals surface area contributed by atoms with Gasteiger partial charge in [-0.1, -0.05) is 18.2 Å². The maximum atomic E-state index is 15.6. The largest absolute Gasteiger partial charge is 0.395 e. The molecule has 1 saturated heterocycles. The van der Waals surface area contributed by atoms with Crippen LogP contribution in [0.3, 0.4) is 0 Å². The summed E-state index contributed by atoms with van der Waals surface area (Å²) in [6.07, 6.45) is 3.99. The van der Waals surface area contributed by atoms with Gasteiger partial charge in [-0.2, -0.15) is 5.10 Å². The number of benzene rings is 2. The monoisotopic (exact) mass is 543 g/mol. The van der Waals surface area contributed by atoms with Gasteiger partial charge in [-0.15, -0.1) is 0 Å². The minimum absolute atomic E-state index is 0.134. The first kappa shape index (κ1) is 24.8. The number of halogens is 2. The average Bonchev–Trinajstić information content (AvgIpc) is 3.44. The zero-order chi connectivity index (χ0) is 27.6. The van der Waals surface area contributed by atoms with Crippen molar-refractivity contribution in [1.29, 1.82) is 0 Å². The van der Waals surface area contributed by atoms with Crippen molar-refractivity contribution in [2.24, 2.45) is 17.6 Å². The zero-order valence-corrected chi connectivity index (χ0v) is 21.5. The molecule has 1 aliphatic carbocycles. The Balaban J connectivity index is 1.19. The molecule has 40 heavy (non-hydrogen) atoms. The molecule has 2 fully saturated rings. The van der Waals surface area contributed by atoms with E-state index in [-0.39, 0.29) is 52.2 Å². The second kappa shape index (κ2) is 9.17. The van der Waals surface area contributed by atoms with Crippen LogP contribution in [0.5, 0.6) is 0 Å². The van der Waals surface area contributed by atoms with Gasteiger partial charge in [-0.05, 0) is 48.1 Å². The average molecular weight is 544 g/mol. The van der Waals surface area contributed by atoms with Crippen molar-refractivity contribution in [3.05, 3.63) is 82.4 Å². The Morgan fingerprint density at radius 3 is 2.77 bits per heavy atom. The Bertz CT molecular complexity index is 1840. The fraction of sp³-hybridized carbons (Fsp3) is 0.310. The maximum absolute atomic E-state index is 15.6. The summed E-state index contributed by atoms with van der Waals surface area (Å²) < 4.78 is 31.7. The lowest BCUT2D eigenvalue weighted by Gasteiger charge is -2.26. The summed E-state index contributed by atoms with van der Waals surface area (Å²) in [5, 5.41) is 16.8. The van der Waals surface area contributed by atoms with Crippen LogP contribution in [-0.4, -0.2) is 56.1 Å². The lowest BCUT2D eigenvalue weighted by Crippen LogP contribution is -2.32. The number of aromatic amines is 1. The maximum Gasteiger partial charge on any atom is 0.258 e. The molecule has 2 aliphatic rings. The van der Waals surface area contributed by atoms with Crippen LogP contribution in [-0.2, 0) is 12.0 Å². The van der Waals surface area contributed by atoms with Gasteiger partial charge in [0.15, 0.2) is 5.65 Å². The van der Waals surface area contributed by atoms with Crippen molar-refractivity contribution >= 4 is 27.8 Å². The van der Waals surface area contributed by atoms with Gasteiger partial charge in [-0.25, -0.2) is 18.7 Å². The van der Waals surface area contributed by atoms with Gasteiger partial charge in [0, 0.05) is 48.7 Å². The summed E-state index contributed by atoms with van der Waals surface area (Å²) in [7, 11) is 0. The summed E-state index contributed by atoms with van der Waals surface area (Å²) in [6, 6.07) is 11.5. The van der Waals surface area contributed by atoms with Crippen LogP contribution in [0.15, 0.2) is 59.7 Å². The number of hydrogen-bond donors (Lipinski definition) is 3. The Kier molecular flexibility index (Phi) is 5.69.